The molecule has 0 radical (unpaired) electrons. The highest BCUT2D eigenvalue weighted by Crippen LogP contribution is 2.48. The number of rotatable bonds is 2. The molecule has 0 aromatic rings. The van der Waals surface area contributed by atoms with Gasteiger partial charge in [0.25, 0.3) is 0 Å². The van der Waals surface area contributed by atoms with E-state index in [1.54, 1.807) is 19.9 Å². The average molecular weight is 244 g/mol. The van der Waals surface area contributed by atoms with Gasteiger partial charge < -0.3 is 20.4 Å². The van der Waals surface area contributed by atoms with Gasteiger partial charge in [0.05, 0.1) is 23.9 Å². The van der Waals surface area contributed by atoms with Gasteiger partial charge in [0.15, 0.2) is 0 Å². The van der Waals surface area contributed by atoms with Crippen molar-refractivity contribution in [3.63, 3.8) is 0 Å². The van der Waals surface area contributed by atoms with Crippen molar-refractivity contribution in [3.05, 3.63) is 12.2 Å². The molecule has 4 N–H and O–H groups in total. The number of hydrogen-bond acceptors (Lipinski definition) is 4. The molecule has 4 nitrogen and oxygen atoms in total. The lowest BCUT2D eigenvalue weighted by atomic mass is 9.58. The second-order valence-corrected chi connectivity index (χ2v) is 5.86. The first-order chi connectivity index (χ1) is 7.62. The molecule has 0 spiro atoms. The van der Waals surface area contributed by atoms with Gasteiger partial charge in [0.2, 0.25) is 0 Å². The lowest BCUT2D eigenvalue weighted by Gasteiger charge is -2.52. The summed E-state index contributed by atoms with van der Waals surface area (Å²) in [5.41, 5.74) is -1.79. The van der Waals surface area contributed by atoms with Gasteiger partial charge in [0, 0.05) is 11.3 Å². The summed E-state index contributed by atoms with van der Waals surface area (Å²) >= 11 is 0. The fourth-order valence-electron chi connectivity index (χ4n) is 2.68. The third-order valence-corrected chi connectivity index (χ3v) is 4.03. The van der Waals surface area contributed by atoms with E-state index in [9.17, 15) is 20.4 Å². The Morgan fingerprint density at radius 3 is 2.29 bits per heavy atom. The molecule has 0 unspecified atom stereocenters. The first kappa shape index (κ1) is 14.6. The highest BCUT2D eigenvalue weighted by molar-refractivity contribution is 5.17. The van der Waals surface area contributed by atoms with Crippen LogP contribution in [0.25, 0.3) is 0 Å². The standard InChI is InChI=1S/C13H24O4/c1-8(14)5-6-13(17)9(2)11(16)10(15)7-12(13,3)4/h5-6,8-11,14-17H,7H2,1-4H3/b6-5+/t8-,9+,10-,11-,13+/m0/s1. The van der Waals surface area contributed by atoms with Crippen molar-refractivity contribution < 1.29 is 20.4 Å². The quantitative estimate of drug-likeness (QED) is 0.531. The monoisotopic (exact) mass is 244 g/mol. The molecule has 17 heavy (non-hydrogen) atoms. The topological polar surface area (TPSA) is 80.9 Å². The molecular weight excluding hydrogens is 220 g/mol. The highest BCUT2D eigenvalue weighted by atomic mass is 16.3. The Hall–Kier alpha value is -0.420. The van der Waals surface area contributed by atoms with Crippen molar-refractivity contribution in [3.8, 4) is 0 Å². The molecule has 0 amide bonds. The fraction of sp³-hybridized carbons (Fsp3) is 0.846. The first-order valence-electron chi connectivity index (χ1n) is 6.08. The van der Waals surface area contributed by atoms with Crippen molar-refractivity contribution >= 4 is 0 Å². The summed E-state index contributed by atoms with van der Waals surface area (Å²) in [6, 6.07) is 0. The molecule has 0 aromatic heterocycles. The molecule has 0 aliphatic heterocycles. The fourth-order valence-corrected chi connectivity index (χ4v) is 2.68. The van der Waals surface area contributed by atoms with Gasteiger partial charge in [-0.3, -0.25) is 0 Å². The number of hydrogen-bond donors (Lipinski definition) is 4. The van der Waals surface area contributed by atoms with Crippen LogP contribution in [0.2, 0.25) is 0 Å². The molecule has 1 aliphatic carbocycles. The SMILES string of the molecule is C[C@H](O)/C=C/[C@@]1(O)[C@H](C)[C@H](O)[C@@H](O)CC1(C)C. The Kier molecular flexibility index (Phi) is 4.04. The van der Waals surface area contributed by atoms with E-state index < -0.39 is 35.2 Å². The molecule has 1 saturated carbocycles. The van der Waals surface area contributed by atoms with Crippen molar-refractivity contribution in [2.24, 2.45) is 11.3 Å². The second-order valence-electron chi connectivity index (χ2n) is 5.86. The summed E-state index contributed by atoms with van der Waals surface area (Å²) < 4.78 is 0. The van der Waals surface area contributed by atoms with Crippen LogP contribution in [-0.2, 0) is 0 Å². The molecule has 1 aliphatic rings. The zero-order chi connectivity index (χ0) is 13.4. The van der Waals surface area contributed by atoms with Crippen molar-refractivity contribution in [1.82, 2.24) is 0 Å². The van der Waals surface area contributed by atoms with E-state index in [-0.39, 0.29) is 0 Å². The van der Waals surface area contributed by atoms with E-state index in [1.165, 1.54) is 6.08 Å². The zero-order valence-electron chi connectivity index (χ0n) is 11.0. The second kappa shape index (κ2) is 4.69. The van der Waals surface area contributed by atoms with Gasteiger partial charge in [-0.1, -0.05) is 32.9 Å². The molecule has 1 rings (SSSR count). The summed E-state index contributed by atoms with van der Waals surface area (Å²) in [5.74, 6) is -0.490. The average Bonchev–Trinajstić information content (AvgIpc) is 2.21. The third kappa shape index (κ3) is 2.55. The smallest absolute Gasteiger partial charge is 0.0931 e. The van der Waals surface area contributed by atoms with Crippen LogP contribution in [-0.4, -0.2) is 44.3 Å². The van der Waals surface area contributed by atoms with E-state index in [1.807, 2.05) is 13.8 Å². The molecule has 5 atom stereocenters. The Morgan fingerprint density at radius 2 is 1.82 bits per heavy atom. The minimum Gasteiger partial charge on any atom is -0.390 e. The number of aliphatic hydroxyl groups is 4. The predicted octanol–water partition coefficient (Wildman–Crippen LogP) is 0.442. The van der Waals surface area contributed by atoms with Crippen molar-refractivity contribution in [2.45, 2.75) is 58.0 Å². The van der Waals surface area contributed by atoms with E-state index in [0.717, 1.165) is 0 Å². The molecule has 100 valence electrons. The Morgan fingerprint density at radius 1 is 1.29 bits per heavy atom. The summed E-state index contributed by atoms with van der Waals surface area (Å²) in [6.07, 6.45) is 0.970. The molecule has 0 saturated heterocycles. The van der Waals surface area contributed by atoms with Crippen LogP contribution in [0.4, 0.5) is 0 Å². The van der Waals surface area contributed by atoms with Gasteiger partial charge >= 0.3 is 0 Å². The lowest BCUT2D eigenvalue weighted by Crippen LogP contribution is -2.60. The maximum absolute atomic E-state index is 10.7. The van der Waals surface area contributed by atoms with Crippen LogP contribution in [0.5, 0.6) is 0 Å². The van der Waals surface area contributed by atoms with Crippen LogP contribution in [0.3, 0.4) is 0 Å². The predicted molar refractivity (Wildman–Crippen MR) is 65.3 cm³/mol. The van der Waals surface area contributed by atoms with Crippen LogP contribution in [0, 0.1) is 11.3 Å². The molecular formula is C13H24O4. The summed E-state index contributed by atoms with van der Waals surface area (Å²) in [6.45, 7) is 7.02. The first-order valence-corrected chi connectivity index (χ1v) is 6.08. The Balaban J connectivity index is 3.08. The normalized spacial score (nSPS) is 43.9. The van der Waals surface area contributed by atoms with Crippen molar-refractivity contribution in [1.29, 1.82) is 0 Å². The zero-order valence-corrected chi connectivity index (χ0v) is 11.0. The molecule has 0 bridgehead atoms. The van der Waals surface area contributed by atoms with Gasteiger partial charge in [-0.25, -0.2) is 0 Å². The molecule has 4 heteroatoms. The summed E-state index contributed by atoms with van der Waals surface area (Å²) in [4.78, 5) is 0. The van der Waals surface area contributed by atoms with Crippen LogP contribution in [0.1, 0.15) is 34.1 Å². The van der Waals surface area contributed by atoms with Gasteiger partial charge in [-0.2, -0.15) is 0 Å². The van der Waals surface area contributed by atoms with Crippen LogP contribution in [0.15, 0.2) is 12.2 Å². The summed E-state index contributed by atoms with van der Waals surface area (Å²) in [7, 11) is 0. The van der Waals surface area contributed by atoms with Gasteiger partial charge in [-0.15, -0.1) is 0 Å². The van der Waals surface area contributed by atoms with E-state index in [0.29, 0.717) is 6.42 Å². The lowest BCUT2D eigenvalue weighted by molar-refractivity contribution is -0.182. The minimum absolute atomic E-state index is 0.319. The highest BCUT2D eigenvalue weighted by Gasteiger charge is 2.54. The molecule has 1 fully saturated rings. The van der Waals surface area contributed by atoms with E-state index in [2.05, 4.69) is 0 Å². The van der Waals surface area contributed by atoms with Crippen LogP contribution >= 0.6 is 0 Å². The number of aliphatic hydroxyl groups excluding tert-OH is 3. The van der Waals surface area contributed by atoms with Gasteiger partial charge in [-0.05, 0) is 13.3 Å². The molecule has 0 aromatic carbocycles. The van der Waals surface area contributed by atoms with E-state index >= 15 is 0 Å². The maximum atomic E-state index is 10.7. The van der Waals surface area contributed by atoms with E-state index in [4.69, 9.17) is 0 Å². The Labute approximate surface area is 103 Å². The Bertz CT molecular complexity index is 298. The third-order valence-electron chi connectivity index (χ3n) is 4.03. The largest absolute Gasteiger partial charge is 0.390 e. The maximum Gasteiger partial charge on any atom is 0.0931 e. The summed E-state index contributed by atoms with van der Waals surface area (Å²) in [5, 5.41) is 39.6. The molecule has 0 heterocycles. The minimum atomic E-state index is -1.23. The van der Waals surface area contributed by atoms with Gasteiger partial charge in [0.1, 0.15) is 0 Å². The van der Waals surface area contributed by atoms with Crippen molar-refractivity contribution in [2.75, 3.05) is 0 Å². The van der Waals surface area contributed by atoms with Crippen LogP contribution < -0.4 is 0 Å².